The quantitative estimate of drug-likeness (QED) is 0.186. The predicted molar refractivity (Wildman–Crippen MR) is 148 cm³/mol. The minimum Gasteiger partial charge on any atom is -0.493 e. The fourth-order valence-corrected chi connectivity index (χ4v) is 3.81. The molecule has 0 atom stereocenters. The zero-order chi connectivity index (χ0) is 27.5. The molecule has 0 bridgehead atoms. The number of benzene rings is 3. The van der Waals surface area contributed by atoms with Crippen molar-refractivity contribution in [2.45, 2.75) is 13.8 Å². The molecule has 198 valence electrons. The highest BCUT2D eigenvalue weighted by Crippen LogP contribution is 2.36. The van der Waals surface area contributed by atoms with Gasteiger partial charge in [0.15, 0.2) is 18.1 Å². The number of nitrogens with zero attached hydrogens (tertiary/aromatic N) is 1. The molecule has 0 unspecified atom stereocenters. The lowest BCUT2D eigenvalue weighted by Gasteiger charge is -2.14. The molecule has 0 aliphatic carbocycles. The van der Waals surface area contributed by atoms with E-state index in [0.29, 0.717) is 45.3 Å². The van der Waals surface area contributed by atoms with Gasteiger partial charge in [0.1, 0.15) is 5.75 Å². The molecule has 0 radical (unpaired) electrons. The monoisotopic (exact) mass is 582 g/mol. The van der Waals surface area contributed by atoms with E-state index in [4.69, 9.17) is 14.2 Å². The largest absolute Gasteiger partial charge is 0.493 e. The Labute approximate surface area is 228 Å². The number of anilines is 2. The molecule has 11 heteroatoms. The number of carbonyl (C=O) groups excluding carboxylic acids is 3. The van der Waals surface area contributed by atoms with E-state index >= 15 is 0 Å². The Balaban J connectivity index is 1.59. The molecule has 3 N–H and O–H groups in total. The molecule has 10 nitrogen and oxygen atoms in total. The minimum atomic E-state index is -0.960. The van der Waals surface area contributed by atoms with Crippen LogP contribution in [0.3, 0.4) is 0 Å². The Morgan fingerprint density at radius 3 is 2.34 bits per heavy atom. The average molecular weight is 583 g/mol. The Morgan fingerprint density at radius 1 is 0.921 bits per heavy atom. The fourth-order valence-electron chi connectivity index (χ4n) is 3.24. The van der Waals surface area contributed by atoms with Gasteiger partial charge in [-0.05, 0) is 71.2 Å². The van der Waals surface area contributed by atoms with Crippen LogP contribution in [0.2, 0.25) is 0 Å². The molecule has 0 aliphatic heterocycles. The SMILES string of the molecule is CCOc1ccccc1NC(=O)C(=O)N/N=C\c1cc(Br)c(OCC(=O)Nc2ccccc2C)c(OC)c1. The number of hydrogen-bond acceptors (Lipinski definition) is 7. The van der Waals surface area contributed by atoms with Crippen LogP contribution in [-0.2, 0) is 14.4 Å². The number of para-hydroxylation sites is 3. The Morgan fingerprint density at radius 2 is 1.63 bits per heavy atom. The van der Waals surface area contributed by atoms with Crippen LogP contribution in [0.4, 0.5) is 11.4 Å². The van der Waals surface area contributed by atoms with Gasteiger partial charge in [0, 0.05) is 5.69 Å². The lowest BCUT2D eigenvalue weighted by Crippen LogP contribution is -2.32. The lowest BCUT2D eigenvalue weighted by atomic mass is 10.2. The highest BCUT2D eigenvalue weighted by atomic mass is 79.9. The van der Waals surface area contributed by atoms with Gasteiger partial charge in [-0.2, -0.15) is 5.10 Å². The second-order valence-electron chi connectivity index (χ2n) is 7.77. The van der Waals surface area contributed by atoms with Gasteiger partial charge in [0.25, 0.3) is 5.91 Å². The molecule has 0 heterocycles. The first-order valence-corrected chi connectivity index (χ1v) is 12.3. The van der Waals surface area contributed by atoms with Crippen LogP contribution in [0.25, 0.3) is 0 Å². The van der Waals surface area contributed by atoms with Crippen LogP contribution < -0.4 is 30.3 Å². The van der Waals surface area contributed by atoms with Crippen LogP contribution in [0.15, 0.2) is 70.2 Å². The summed E-state index contributed by atoms with van der Waals surface area (Å²) >= 11 is 3.41. The molecule has 3 aromatic rings. The lowest BCUT2D eigenvalue weighted by molar-refractivity contribution is -0.136. The number of rotatable bonds is 10. The number of hydrogen-bond donors (Lipinski definition) is 3. The Kier molecular flexibility index (Phi) is 10.2. The first-order chi connectivity index (χ1) is 18.3. The number of amides is 3. The summed E-state index contributed by atoms with van der Waals surface area (Å²) in [7, 11) is 1.45. The van der Waals surface area contributed by atoms with Gasteiger partial charge in [-0.1, -0.05) is 30.3 Å². The summed E-state index contributed by atoms with van der Waals surface area (Å²) in [6, 6.07) is 17.5. The maximum Gasteiger partial charge on any atom is 0.329 e. The van der Waals surface area contributed by atoms with Crippen LogP contribution in [0.5, 0.6) is 17.2 Å². The van der Waals surface area contributed by atoms with Gasteiger partial charge in [0.2, 0.25) is 0 Å². The smallest absolute Gasteiger partial charge is 0.329 e. The highest BCUT2D eigenvalue weighted by Gasteiger charge is 2.16. The molecule has 38 heavy (non-hydrogen) atoms. The highest BCUT2D eigenvalue weighted by molar-refractivity contribution is 9.10. The van der Waals surface area contributed by atoms with Crippen LogP contribution in [0.1, 0.15) is 18.1 Å². The van der Waals surface area contributed by atoms with Crippen molar-refractivity contribution in [3.8, 4) is 17.2 Å². The molecule has 0 saturated carbocycles. The van der Waals surface area contributed by atoms with E-state index in [2.05, 4.69) is 37.1 Å². The first-order valence-electron chi connectivity index (χ1n) is 11.5. The summed E-state index contributed by atoms with van der Waals surface area (Å²) in [4.78, 5) is 36.8. The van der Waals surface area contributed by atoms with Crippen LogP contribution in [-0.4, -0.2) is 44.3 Å². The van der Waals surface area contributed by atoms with E-state index in [1.165, 1.54) is 13.3 Å². The van der Waals surface area contributed by atoms with Crippen molar-refractivity contribution in [2.24, 2.45) is 5.10 Å². The van der Waals surface area contributed by atoms with Crippen molar-refractivity contribution in [3.05, 3.63) is 76.3 Å². The third-order valence-electron chi connectivity index (χ3n) is 5.04. The molecule has 3 rings (SSSR count). The molecule has 0 aliphatic rings. The van der Waals surface area contributed by atoms with Gasteiger partial charge < -0.3 is 24.8 Å². The summed E-state index contributed by atoms with van der Waals surface area (Å²) < 4.78 is 17.0. The molecule has 0 fully saturated rings. The van der Waals surface area contributed by atoms with E-state index < -0.39 is 11.8 Å². The van der Waals surface area contributed by atoms with Gasteiger partial charge in [0.05, 0.1) is 30.1 Å². The molecule has 0 aromatic heterocycles. The first kappa shape index (κ1) is 28.2. The average Bonchev–Trinajstić information content (AvgIpc) is 2.90. The normalized spacial score (nSPS) is 10.5. The summed E-state index contributed by atoms with van der Waals surface area (Å²) in [6.07, 6.45) is 1.33. The van der Waals surface area contributed by atoms with E-state index in [0.717, 1.165) is 5.56 Å². The molecular weight excluding hydrogens is 556 g/mol. The molecule has 0 spiro atoms. The molecule has 3 aromatic carbocycles. The molecule has 0 saturated heterocycles. The third kappa shape index (κ3) is 7.81. The second-order valence-corrected chi connectivity index (χ2v) is 8.62. The van der Waals surface area contributed by atoms with Crippen molar-refractivity contribution in [1.29, 1.82) is 0 Å². The van der Waals surface area contributed by atoms with Crippen molar-refractivity contribution >= 4 is 51.2 Å². The fraction of sp³-hybridized carbons (Fsp3) is 0.185. The number of halogens is 1. The van der Waals surface area contributed by atoms with Gasteiger partial charge in [-0.25, -0.2) is 5.43 Å². The summed E-state index contributed by atoms with van der Waals surface area (Å²) in [6.45, 7) is 3.88. The third-order valence-corrected chi connectivity index (χ3v) is 5.63. The predicted octanol–water partition coefficient (Wildman–Crippen LogP) is 4.27. The van der Waals surface area contributed by atoms with Crippen molar-refractivity contribution in [1.82, 2.24) is 5.43 Å². The van der Waals surface area contributed by atoms with Crippen molar-refractivity contribution < 1.29 is 28.6 Å². The number of ether oxygens (including phenoxy) is 3. The van der Waals surface area contributed by atoms with Gasteiger partial charge in [-0.3, -0.25) is 14.4 Å². The van der Waals surface area contributed by atoms with Crippen LogP contribution >= 0.6 is 15.9 Å². The van der Waals surface area contributed by atoms with E-state index in [1.807, 2.05) is 32.0 Å². The topological polar surface area (TPSA) is 127 Å². The summed E-state index contributed by atoms with van der Waals surface area (Å²) in [5.41, 5.74) is 4.72. The number of nitrogens with one attached hydrogen (secondary N) is 3. The number of hydrazone groups is 1. The summed E-state index contributed by atoms with van der Waals surface area (Å²) in [5.74, 6) is -1.09. The van der Waals surface area contributed by atoms with Crippen molar-refractivity contribution in [3.63, 3.8) is 0 Å². The zero-order valence-corrected chi connectivity index (χ0v) is 22.6. The number of methoxy groups -OCH3 is 1. The van der Waals surface area contributed by atoms with E-state index in [9.17, 15) is 14.4 Å². The zero-order valence-electron chi connectivity index (χ0n) is 21.0. The van der Waals surface area contributed by atoms with Gasteiger partial charge >= 0.3 is 11.8 Å². The summed E-state index contributed by atoms with van der Waals surface area (Å²) in [5, 5.41) is 9.13. The number of carbonyl (C=O) groups is 3. The number of aryl methyl sites for hydroxylation is 1. The van der Waals surface area contributed by atoms with E-state index in [1.54, 1.807) is 42.5 Å². The maximum absolute atomic E-state index is 12.3. The second kappa shape index (κ2) is 13.8. The van der Waals surface area contributed by atoms with Crippen LogP contribution in [0, 0.1) is 6.92 Å². The van der Waals surface area contributed by atoms with E-state index in [-0.39, 0.29) is 12.5 Å². The maximum atomic E-state index is 12.3. The Bertz CT molecular complexity index is 1340. The standard InChI is InChI=1S/C27H27BrN4O6/c1-4-37-22-12-8-7-11-21(22)31-26(34)27(35)32-29-15-18-13-19(28)25(23(14-18)36-3)38-16-24(33)30-20-10-6-5-9-17(20)2/h5-15H,4,16H2,1-3H3,(H,30,33)(H,31,34)(H,32,35)/b29-15-. The minimum absolute atomic E-state index is 0.242. The Hall–Kier alpha value is -4.38. The van der Waals surface area contributed by atoms with Gasteiger partial charge in [-0.15, -0.1) is 0 Å². The molecule has 3 amide bonds. The molecular formula is C27H27BrN4O6. The van der Waals surface area contributed by atoms with Crippen molar-refractivity contribution in [2.75, 3.05) is 31.0 Å².